The third-order valence-electron chi connectivity index (χ3n) is 3.04. The molecule has 5 heteroatoms. The predicted octanol–water partition coefficient (Wildman–Crippen LogP) is 2.03. The van der Waals surface area contributed by atoms with Crippen LogP contribution >= 0.6 is 0 Å². The molecule has 0 fully saturated rings. The second-order valence-electron chi connectivity index (χ2n) is 4.53. The normalized spacial score (nSPS) is 11.1. The van der Waals surface area contributed by atoms with Crippen LogP contribution in [0.25, 0.3) is 22.6 Å². The van der Waals surface area contributed by atoms with Crippen LogP contribution in [0.2, 0.25) is 0 Å². The lowest BCUT2D eigenvalue weighted by molar-refractivity contribution is 0.787. The van der Waals surface area contributed by atoms with Crippen LogP contribution in [0.15, 0.2) is 30.5 Å². The summed E-state index contributed by atoms with van der Waals surface area (Å²) >= 11 is 0. The predicted molar refractivity (Wildman–Crippen MR) is 72.6 cm³/mol. The molecular formula is C13H15N5. The lowest BCUT2D eigenvalue weighted by atomic mass is 10.2. The van der Waals surface area contributed by atoms with Crippen molar-refractivity contribution in [3.8, 4) is 11.4 Å². The van der Waals surface area contributed by atoms with E-state index in [2.05, 4.69) is 44.2 Å². The van der Waals surface area contributed by atoms with Gasteiger partial charge in [-0.05, 0) is 24.3 Å². The van der Waals surface area contributed by atoms with E-state index in [1.165, 1.54) is 5.69 Å². The summed E-state index contributed by atoms with van der Waals surface area (Å²) in [6.07, 6.45) is 1.79. The molecule has 1 N–H and O–H groups in total. The molecule has 18 heavy (non-hydrogen) atoms. The Kier molecular flexibility index (Phi) is 2.33. The van der Waals surface area contributed by atoms with E-state index in [0.717, 1.165) is 22.6 Å². The molecule has 0 spiro atoms. The molecule has 5 nitrogen and oxygen atoms in total. The van der Waals surface area contributed by atoms with E-state index < -0.39 is 0 Å². The smallest absolute Gasteiger partial charge is 0.176 e. The van der Waals surface area contributed by atoms with Crippen LogP contribution in [0.1, 0.15) is 0 Å². The second-order valence-corrected chi connectivity index (χ2v) is 4.53. The Balaban J connectivity index is 2.03. The van der Waals surface area contributed by atoms with E-state index in [4.69, 9.17) is 0 Å². The molecule has 3 rings (SSSR count). The van der Waals surface area contributed by atoms with Crippen LogP contribution in [-0.2, 0) is 7.05 Å². The highest BCUT2D eigenvalue weighted by Crippen LogP contribution is 2.22. The zero-order valence-corrected chi connectivity index (χ0v) is 10.7. The Morgan fingerprint density at radius 3 is 2.50 bits per heavy atom. The van der Waals surface area contributed by atoms with Crippen LogP contribution in [0.3, 0.4) is 0 Å². The van der Waals surface area contributed by atoms with Crippen LogP contribution < -0.4 is 4.90 Å². The summed E-state index contributed by atoms with van der Waals surface area (Å²) in [5.41, 5.74) is 4.10. The number of anilines is 1. The van der Waals surface area contributed by atoms with E-state index in [1.807, 2.05) is 21.1 Å². The van der Waals surface area contributed by atoms with E-state index >= 15 is 0 Å². The summed E-state index contributed by atoms with van der Waals surface area (Å²) in [5.74, 6) is 0.878. The number of H-pyrrole nitrogens is 1. The zero-order valence-electron chi connectivity index (χ0n) is 10.7. The number of benzene rings is 1. The molecule has 0 aliphatic rings. The molecule has 0 amide bonds. The SMILES string of the molecule is CN(C)c1ccc(-c2nc3c(cnn3C)[nH]2)cc1. The van der Waals surface area contributed by atoms with Crippen LogP contribution in [0.5, 0.6) is 0 Å². The molecule has 1 aromatic carbocycles. The van der Waals surface area contributed by atoms with Crippen molar-refractivity contribution in [2.75, 3.05) is 19.0 Å². The molecule has 0 aliphatic carbocycles. The fraction of sp³-hybridized carbons (Fsp3) is 0.231. The van der Waals surface area contributed by atoms with Crippen LogP contribution in [0, 0.1) is 0 Å². The zero-order chi connectivity index (χ0) is 12.7. The number of nitrogens with zero attached hydrogens (tertiary/aromatic N) is 4. The van der Waals surface area contributed by atoms with Gasteiger partial charge >= 0.3 is 0 Å². The number of aromatic nitrogens is 4. The average Bonchev–Trinajstić information content (AvgIpc) is 2.92. The van der Waals surface area contributed by atoms with Gasteiger partial charge in [0.2, 0.25) is 0 Å². The summed E-state index contributed by atoms with van der Waals surface area (Å²) in [4.78, 5) is 9.90. The fourth-order valence-corrected chi connectivity index (χ4v) is 1.97. The number of imidazole rings is 1. The molecule has 0 aliphatic heterocycles. The minimum Gasteiger partial charge on any atom is -0.378 e. The Morgan fingerprint density at radius 2 is 1.89 bits per heavy atom. The maximum absolute atomic E-state index is 4.55. The highest BCUT2D eigenvalue weighted by atomic mass is 15.3. The first-order valence-corrected chi connectivity index (χ1v) is 5.80. The van der Waals surface area contributed by atoms with Crippen molar-refractivity contribution in [1.82, 2.24) is 19.7 Å². The fourth-order valence-electron chi connectivity index (χ4n) is 1.97. The monoisotopic (exact) mass is 241 g/mol. The maximum atomic E-state index is 4.55. The first-order valence-electron chi connectivity index (χ1n) is 5.80. The Labute approximate surface area is 105 Å². The van der Waals surface area contributed by atoms with E-state index in [0.29, 0.717) is 0 Å². The quantitative estimate of drug-likeness (QED) is 0.747. The summed E-state index contributed by atoms with van der Waals surface area (Å²) in [7, 11) is 5.95. The molecule has 0 saturated heterocycles. The van der Waals surface area contributed by atoms with Gasteiger partial charge in [-0.1, -0.05) is 0 Å². The van der Waals surface area contributed by atoms with Gasteiger partial charge in [-0.25, -0.2) is 9.67 Å². The summed E-state index contributed by atoms with van der Waals surface area (Å²) in [6, 6.07) is 8.31. The molecule has 0 unspecified atom stereocenters. The number of rotatable bonds is 2. The molecule has 2 aromatic heterocycles. The van der Waals surface area contributed by atoms with Crippen molar-refractivity contribution >= 4 is 16.9 Å². The molecule has 2 heterocycles. The Morgan fingerprint density at radius 1 is 1.17 bits per heavy atom. The second kappa shape index (κ2) is 3.87. The van der Waals surface area contributed by atoms with Crippen molar-refractivity contribution in [1.29, 1.82) is 0 Å². The third-order valence-corrected chi connectivity index (χ3v) is 3.04. The standard InChI is InChI=1S/C13H15N5/c1-17(2)10-6-4-9(5-7-10)12-15-11-8-14-18(3)13(11)16-12/h4-8H,1-3H3,(H,15,16). The van der Waals surface area contributed by atoms with E-state index in [9.17, 15) is 0 Å². The lowest BCUT2D eigenvalue weighted by Crippen LogP contribution is -2.07. The van der Waals surface area contributed by atoms with Gasteiger partial charge in [0.15, 0.2) is 5.65 Å². The van der Waals surface area contributed by atoms with Gasteiger partial charge in [0, 0.05) is 32.4 Å². The maximum Gasteiger partial charge on any atom is 0.176 e. The topological polar surface area (TPSA) is 49.7 Å². The summed E-state index contributed by atoms with van der Waals surface area (Å²) < 4.78 is 1.77. The van der Waals surface area contributed by atoms with Gasteiger partial charge in [-0.15, -0.1) is 0 Å². The number of fused-ring (bicyclic) bond motifs is 1. The first kappa shape index (κ1) is 10.8. The third kappa shape index (κ3) is 1.64. The van der Waals surface area contributed by atoms with Crippen molar-refractivity contribution < 1.29 is 0 Å². The van der Waals surface area contributed by atoms with Gasteiger partial charge in [-0.3, -0.25) is 0 Å². The van der Waals surface area contributed by atoms with Crippen molar-refractivity contribution in [2.45, 2.75) is 0 Å². The van der Waals surface area contributed by atoms with Gasteiger partial charge in [0.25, 0.3) is 0 Å². The number of hydrogen-bond acceptors (Lipinski definition) is 3. The summed E-state index contributed by atoms with van der Waals surface area (Å²) in [5, 5.41) is 4.14. The van der Waals surface area contributed by atoms with Gasteiger partial charge in [0.1, 0.15) is 11.3 Å². The molecule has 0 radical (unpaired) electrons. The number of nitrogens with one attached hydrogen (secondary N) is 1. The van der Waals surface area contributed by atoms with E-state index in [1.54, 1.807) is 10.9 Å². The van der Waals surface area contributed by atoms with Crippen molar-refractivity contribution in [3.63, 3.8) is 0 Å². The average molecular weight is 241 g/mol. The number of aryl methyl sites for hydroxylation is 1. The van der Waals surface area contributed by atoms with Crippen molar-refractivity contribution in [2.24, 2.45) is 7.05 Å². The largest absolute Gasteiger partial charge is 0.378 e. The number of aromatic amines is 1. The Bertz CT molecular complexity index is 675. The highest BCUT2D eigenvalue weighted by molar-refractivity contribution is 5.76. The minimum atomic E-state index is 0.877. The van der Waals surface area contributed by atoms with Crippen LogP contribution in [0.4, 0.5) is 5.69 Å². The molecule has 0 atom stereocenters. The lowest BCUT2D eigenvalue weighted by Gasteiger charge is -2.12. The molecule has 3 aromatic rings. The molecular weight excluding hydrogens is 226 g/mol. The molecule has 92 valence electrons. The summed E-state index contributed by atoms with van der Waals surface area (Å²) in [6.45, 7) is 0. The Hall–Kier alpha value is -2.30. The highest BCUT2D eigenvalue weighted by Gasteiger charge is 2.08. The number of hydrogen-bond donors (Lipinski definition) is 1. The van der Waals surface area contributed by atoms with Crippen LogP contribution in [-0.4, -0.2) is 33.8 Å². The van der Waals surface area contributed by atoms with Gasteiger partial charge in [-0.2, -0.15) is 5.10 Å². The minimum absolute atomic E-state index is 0.877. The van der Waals surface area contributed by atoms with Gasteiger partial charge < -0.3 is 9.88 Å². The first-order chi connectivity index (χ1) is 8.65. The van der Waals surface area contributed by atoms with E-state index in [-0.39, 0.29) is 0 Å². The molecule has 0 bridgehead atoms. The molecule has 0 saturated carbocycles. The van der Waals surface area contributed by atoms with Crippen molar-refractivity contribution in [3.05, 3.63) is 30.5 Å². The van der Waals surface area contributed by atoms with Gasteiger partial charge in [0.05, 0.1) is 6.20 Å².